The van der Waals surface area contributed by atoms with Gasteiger partial charge in [-0.15, -0.1) is 0 Å². The predicted octanol–water partition coefficient (Wildman–Crippen LogP) is 6.53. The highest BCUT2D eigenvalue weighted by Gasteiger charge is 2.49. The quantitative estimate of drug-likeness (QED) is 0.614. The summed E-state index contributed by atoms with van der Waals surface area (Å²) in [5.74, 6) is 3.79. The zero-order chi connectivity index (χ0) is 18.0. The lowest BCUT2D eigenvalue weighted by molar-refractivity contribution is 0.105. The number of allylic oxidation sites excluding steroid dienone is 4. The highest BCUT2D eigenvalue weighted by molar-refractivity contribution is 5.25. The number of fused-ring (bicyclic) bond motifs is 1. The van der Waals surface area contributed by atoms with Crippen molar-refractivity contribution in [2.75, 3.05) is 6.61 Å². The van der Waals surface area contributed by atoms with E-state index in [-0.39, 0.29) is 0 Å². The van der Waals surface area contributed by atoms with Gasteiger partial charge in [0.2, 0.25) is 0 Å². The Morgan fingerprint density at radius 1 is 1.16 bits per heavy atom. The first kappa shape index (κ1) is 19.2. The minimum Gasteiger partial charge on any atom is -0.396 e. The predicted molar refractivity (Wildman–Crippen MR) is 107 cm³/mol. The van der Waals surface area contributed by atoms with Gasteiger partial charge >= 0.3 is 0 Å². The molecule has 3 aliphatic rings. The Morgan fingerprint density at radius 2 is 1.88 bits per heavy atom. The van der Waals surface area contributed by atoms with Crippen LogP contribution in [0, 0.1) is 35.0 Å². The molecule has 0 saturated heterocycles. The molecule has 0 amide bonds. The van der Waals surface area contributed by atoms with E-state index in [2.05, 4.69) is 39.8 Å². The number of rotatable bonds is 4. The minimum atomic E-state index is 0.350. The molecular formula is C24H40O. The van der Waals surface area contributed by atoms with E-state index in [1.807, 2.05) is 0 Å². The van der Waals surface area contributed by atoms with E-state index in [4.69, 9.17) is 0 Å². The van der Waals surface area contributed by atoms with Gasteiger partial charge in [-0.2, -0.15) is 0 Å². The van der Waals surface area contributed by atoms with E-state index in [0.29, 0.717) is 17.9 Å². The molecule has 1 heteroatoms. The van der Waals surface area contributed by atoms with Crippen LogP contribution in [0.2, 0.25) is 0 Å². The van der Waals surface area contributed by atoms with Gasteiger partial charge in [-0.05, 0) is 92.8 Å². The lowest BCUT2D eigenvalue weighted by Gasteiger charge is -2.43. The summed E-state index contributed by atoms with van der Waals surface area (Å²) in [5.41, 5.74) is 3.92. The Labute approximate surface area is 156 Å². The number of hydrogen-bond donors (Lipinski definition) is 1. The van der Waals surface area contributed by atoms with Crippen LogP contribution in [0.15, 0.2) is 23.3 Å². The summed E-state index contributed by atoms with van der Waals surface area (Å²) < 4.78 is 0. The first-order valence-corrected chi connectivity index (χ1v) is 10.9. The van der Waals surface area contributed by atoms with Crippen molar-refractivity contribution in [3.63, 3.8) is 0 Å². The van der Waals surface area contributed by atoms with Crippen molar-refractivity contribution in [1.29, 1.82) is 0 Å². The van der Waals surface area contributed by atoms with E-state index in [9.17, 15) is 5.11 Å². The molecule has 6 atom stereocenters. The van der Waals surface area contributed by atoms with Gasteiger partial charge in [0.25, 0.3) is 0 Å². The highest BCUT2D eigenvalue weighted by atomic mass is 16.3. The minimum absolute atomic E-state index is 0.350. The molecule has 25 heavy (non-hydrogen) atoms. The molecule has 0 aromatic carbocycles. The van der Waals surface area contributed by atoms with Gasteiger partial charge < -0.3 is 5.11 Å². The van der Waals surface area contributed by atoms with E-state index in [0.717, 1.165) is 23.7 Å². The first-order chi connectivity index (χ1) is 11.9. The third kappa shape index (κ3) is 4.24. The molecule has 3 saturated carbocycles. The molecule has 0 spiro atoms. The average Bonchev–Trinajstić information content (AvgIpc) is 2.89. The van der Waals surface area contributed by atoms with Crippen molar-refractivity contribution in [1.82, 2.24) is 0 Å². The van der Waals surface area contributed by atoms with Crippen LogP contribution in [0.3, 0.4) is 0 Å². The van der Waals surface area contributed by atoms with Crippen LogP contribution in [0.4, 0.5) is 0 Å². The summed E-state index contributed by atoms with van der Waals surface area (Å²) in [6, 6.07) is 0. The van der Waals surface area contributed by atoms with Crippen LogP contribution in [0.1, 0.15) is 85.5 Å². The zero-order valence-electron chi connectivity index (χ0n) is 17.1. The fourth-order valence-corrected chi connectivity index (χ4v) is 6.49. The van der Waals surface area contributed by atoms with Crippen LogP contribution in [-0.2, 0) is 0 Å². The fourth-order valence-electron chi connectivity index (χ4n) is 6.49. The fraction of sp³-hybridized carbons (Fsp3) is 0.833. The number of aliphatic hydroxyl groups excluding tert-OH is 1. The topological polar surface area (TPSA) is 20.2 Å². The third-order valence-electron chi connectivity index (χ3n) is 7.72. The monoisotopic (exact) mass is 344 g/mol. The van der Waals surface area contributed by atoms with Crippen molar-refractivity contribution in [3.05, 3.63) is 23.3 Å². The maximum Gasteiger partial charge on any atom is 0.0456 e. The van der Waals surface area contributed by atoms with Crippen LogP contribution in [0.5, 0.6) is 0 Å². The molecule has 1 N–H and O–H groups in total. The van der Waals surface area contributed by atoms with Crippen molar-refractivity contribution >= 4 is 0 Å². The van der Waals surface area contributed by atoms with Gasteiger partial charge in [0.05, 0.1) is 0 Å². The lowest BCUT2D eigenvalue weighted by atomic mass is 9.62. The molecule has 142 valence electrons. The van der Waals surface area contributed by atoms with Gasteiger partial charge in [-0.3, -0.25) is 0 Å². The molecule has 0 radical (unpaired) electrons. The molecule has 6 unspecified atom stereocenters. The van der Waals surface area contributed by atoms with Gasteiger partial charge in [0.1, 0.15) is 0 Å². The van der Waals surface area contributed by atoms with Gasteiger partial charge in [0, 0.05) is 6.61 Å². The van der Waals surface area contributed by atoms with E-state index >= 15 is 0 Å². The molecular weight excluding hydrogens is 304 g/mol. The smallest absolute Gasteiger partial charge is 0.0456 e. The summed E-state index contributed by atoms with van der Waals surface area (Å²) in [6.45, 7) is 9.95. The molecule has 3 aliphatic carbocycles. The largest absolute Gasteiger partial charge is 0.396 e. The zero-order valence-corrected chi connectivity index (χ0v) is 17.1. The number of aliphatic hydroxyl groups is 1. The van der Waals surface area contributed by atoms with Crippen LogP contribution in [0.25, 0.3) is 0 Å². The summed E-state index contributed by atoms with van der Waals surface area (Å²) in [6.07, 6.45) is 17.1. The summed E-state index contributed by atoms with van der Waals surface area (Å²) in [5, 5.41) is 9.48. The molecule has 0 heterocycles. The summed E-state index contributed by atoms with van der Waals surface area (Å²) in [4.78, 5) is 0. The second-order valence-corrected chi connectivity index (χ2v) is 10.1. The average molecular weight is 345 g/mol. The summed E-state index contributed by atoms with van der Waals surface area (Å²) >= 11 is 0. The van der Waals surface area contributed by atoms with Gasteiger partial charge in [-0.25, -0.2) is 0 Å². The van der Waals surface area contributed by atoms with Crippen molar-refractivity contribution in [2.24, 2.45) is 35.0 Å². The molecule has 0 aliphatic heterocycles. The Kier molecular flexibility index (Phi) is 6.14. The molecule has 0 bridgehead atoms. The van der Waals surface area contributed by atoms with Crippen LogP contribution >= 0.6 is 0 Å². The Hall–Kier alpha value is -0.560. The molecule has 0 aromatic rings. The maximum absolute atomic E-state index is 9.48. The van der Waals surface area contributed by atoms with E-state index in [1.54, 1.807) is 11.1 Å². The number of hydrogen-bond acceptors (Lipinski definition) is 1. The molecule has 3 rings (SSSR count). The molecule has 1 nitrogen and oxygen atoms in total. The summed E-state index contributed by atoms with van der Waals surface area (Å²) in [7, 11) is 0. The Bertz CT molecular complexity index is 504. The van der Waals surface area contributed by atoms with Crippen molar-refractivity contribution < 1.29 is 5.11 Å². The third-order valence-corrected chi connectivity index (χ3v) is 7.72. The molecule has 0 aromatic heterocycles. The van der Waals surface area contributed by atoms with Gasteiger partial charge in [-0.1, -0.05) is 51.0 Å². The van der Waals surface area contributed by atoms with Crippen molar-refractivity contribution in [2.45, 2.75) is 85.5 Å². The van der Waals surface area contributed by atoms with Crippen LogP contribution in [-0.4, -0.2) is 11.7 Å². The normalized spacial score (nSPS) is 41.6. The second kappa shape index (κ2) is 7.99. The second-order valence-electron chi connectivity index (χ2n) is 10.1. The first-order valence-electron chi connectivity index (χ1n) is 10.9. The standard InChI is InChI=1S/C24H40O/c1-17-12-18(2)14-20(13-17)7-8-21-6-5-11-24(4)22(9-10-23(21)24)15-19(3)16-25/h7-8,17-19,22-23,25H,5-6,9-16H2,1-4H3. The Morgan fingerprint density at radius 3 is 2.56 bits per heavy atom. The van der Waals surface area contributed by atoms with Gasteiger partial charge in [0.15, 0.2) is 0 Å². The van der Waals surface area contributed by atoms with E-state index in [1.165, 1.54) is 57.8 Å². The van der Waals surface area contributed by atoms with E-state index < -0.39 is 0 Å². The molecule has 3 fully saturated rings. The SMILES string of the molecule is CC1CC(=CC=C2CCCC3(C)C(CC(C)CO)CCC23)CC(C)C1. The lowest BCUT2D eigenvalue weighted by Crippen LogP contribution is -2.34. The van der Waals surface area contributed by atoms with Crippen LogP contribution < -0.4 is 0 Å². The van der Waals surface area contributed by atoms with Crippen molar-refractivity contribution in [3.8, 4) is 0 Å². The maximum atomic E-state index is 9.48. The Balaban J connectivity index is 1.73. The highest BCUT2D eigenvalue weighted by Crippen LogP contribution is 2.58.